The van der Waals surface area contributed by atoms with E-state index in [1.54, 1.807) is 6.08 Å². The topological polar surface area (TPSA) is 105 Å². The number of hydrogen-bond acceptors (Lipinski definition) is 5. The van der Waals surface area contributed by atoms with Gasteiger partial charge in [-0.1, -0.05) is 308 Å². The minimum atomic E-state index is -4.37. The van der Waals surface area contributed by atoms with Crippen LogP contribution in [0.4, 0.5) is 0 Å². The fourth-order valence-corrected chi connectivity index (χ4v) is 10.1. The van der Waals surface area contributed by atoms with Crippen LogP contribution in [-0.4, -0.2) is 73.4 Å². The number of aliphatic hydroxyl groups is 1. The van der Waals surface area contributed by atoms with Crippen LogP contribution >= 0.6 is 7.82 Å². The number of carbonyl (C=O) groups is 1. The predicted molar refractivity (Wildman–Crippen MR) is 364 cm³/mol. The summed E-state index contributed by atoms with van der Waals surface area (Å²) in [4.78, 5) is 23.4. The lowest BCUT2D eigenvalue weighted by atomic mass is 10.0. The van der Waals surface area contributed by atoms with Crippen LogP contribution < -0.4 is 5.32 Å². The number of aliphatic hydroxyl groups excluding tert-OH is 1. The van der Waals surface area contributed by atoms with Crippen LogP contribution in [0.3, 0.4) is 0 Å². The molecule has 0 aliphatic carbocycles. The van der Waals surface area contributed by atoms with E-state index in [4.69, 9.17) is 9.05 Å². The highest BCUT2D eigenvalue weighted by molar-refractivity contribution is 7.47. The van der Waals surface area contributed by atoms with Crippen LogP contribution in [0.5, 0.6) is 0 Å². The van der Waals surface area contributed by atoms with Gasteiger partial charge in [0.05, 0.1) is 39.9 Å². The highest BCUT2D eigenvalue weighted by Gasteiger charge is 2.28. The molecule has 0 aromatic rings. The Morgan fingerprint density at radius 1 is 0.422 bits per heavy atom. The number of unbranched alkanes of at least 4 members (excludes halogenated alkanes) is 28. The molecule has 0 aromatic heterocycles. The quantitative estimate of drug-likeness (QED) is 0.0243. The van der Waals surface area contributed by atoms with Gasteiger partial charge in [0.1, 0.15) is 13.2 Å². The van der Waals surface area contributed by atoms with Gasteiger partial charge in [-0.15, -0.1) is 0 Å². The standard InChI is InChI=1S/C74H129N2O6P/c1-6-8-10-12-14-16-18-20-22-24-26-28-30-32-33-34-35-36-37-38-39-40-41-42-43-44-46-48-50-52-54-56-58-60-62-64-66-68-74(78)75-72(71-82-83(79,80)81-70-69-76(3,4)5)73(77)67-65-63-61-59-57-55-53-51-49-47-45-31-29-27-25-23-21-19-17-15-13-11-9-7-2/h8,10,14,16,20,22,26,28,32-33,35-36,38-39,41-42,44,46,50,52,65,67,72-73,77H,6-7,9,11-13,15,17-19,21,23-25,27,29-31,34,37,40,43,45,47-49,51,53-64,66,68-71H2,1-5H3,(H-,75,78,79,80)/p+1/b10-8-,16-14-,22-20-,28-26-,33-32-,36-35-,39-38-,42-41-,46-44-,52-50-,67-65+. The number of carbonyl (C=O) groups excluding carboxylic acids is 1. The minimum absolute atomic E-state index is 0.0520. The molecule has 0 saturated carbocycles. The highest BCUT2D eigenvalue weighted by atomic mass is 31.2. The Bertz CT molecular complexity index is 1810. The summed E-state index contributed by atoms with van der Waals surface area (Å²) in [5.41, 5.74) is 0. The molecule has 0 radical (unpaired) electrons. The van der Waals surface area contributed by atoms with Gasteiger partial charge in [0, 0.05) is 6.42 Å². The summed E-state index contributed by atoms with van der Waals surface area (Å²) in [5.74, 6) is -0.194. The number of amides is 1. The monoisotopic (exact) mass is 1170 g/mol. The third-order valence-electron chi connectivity index (χ3n) is 14.6. The van der Waals surface area contributed by atoms with Crippen molar-refractivity contribution in [3.8, 4) is 0 Å². The lowest BCUT2D eigenvalue weighted by molar-refractivity contribution is -0.870. The molecule has 0 aliphatic rings. The summed E-state index contributed by atoms with van der Waals surface area (Å²) < 4.78 is 23.8. The second-order valence-corrected chi connectivity index (χ2v) is 25.3. The fraction of sp³-hybridized carbons (Fsp3) is 0.689. The molecule has 0 aliphatic heterocycles. The molecule has 3 N–H and O–H groups in total. The van der Waals surface area contributed by atoms with E-state index in [1.165, 1.54) is 135 Å². The molecule has 83 heavy (non-hydrogen) atoms. The maximum Gasteiger partial charge on any atom is 0.472 e. The smallest absolute Gasteiger partial charge is 0.387 e. The Labute approximate surface area is 513 Å². The van der Waals surface area contributed by atoms with Crippen molar-refractivity contribution in [3.05, 3.63) is 134 Å². The number of allylic oxidation sites excluding steroid dienone is 21. The normalized spacial score (nSPS) is 14.5. The van der Waals surface area contributed by atoms with E-state index < -0.39 is 20.0 Å². The number of phosphoric ester groups is 1. The van der Waals surface area contributed by atoms with Gasteiger partial charge in [-0.25, -0.2) is 4.57 Å². The summed E-state index contributed by atoms with van der Waals surface area (Å²) in [5, 5.41) is 14.0. The van der Waals surface area contributed by atoms with Crippen LogP contribution in [0.1, 0.15) is 277 Å². The Morgan fingerprint density at radius 3 is 1.06 bits per heavy atom. The van der Waals surface area contributed by atoms with Crippen LogP contribution in [0.15, 0.2) is 134 Å². The van der Waals surface area contributed by atoms with E-state index in [2.05, 4.69) is 141 Å². The number of nitrogens with zero attached hydrogens (tertiary/aromatic N) is 1. The van der Waals surface area contributed by atoms with Crippen molar-refractivity contribution in [1.29, 1.82) is 0 Å². The lowest BCUT2D eigenvalue weighted by Gasteiger charge is -2.25. The SMILES string of the molecule is CC/C=C\C/C=C\C/C=C\C/C=C\C/C=C\C/C=C\C/C=C\C/C=C\C/C=C\C/C=C\CCCCCCCCC(=O)NC(COP(=O)(O)OCC[N+](C)(C)C)C(O)/C=C/CCCCCCCCCCCCCCCCCCCCCCCC. The number of rotatable bonds is 61. The van der Waals surface area contributed by atoms with Crippen molar-refractivity contribution >= 4 is 13.7 Å². The van der Waals surface area contributed by atoms with Crippen molar-refractivity contribution in [3.63, 3.8) is 0 Å². The first-order chi connectivity index (χ1) is 40.5. The van der Waals surface area contributed by atoms with Crippen molar-refractivity contribution in [1.82, 2.24) is 5.32 Å². The Kier molecular flexibility index (Phi) is 60.6. The Morgan fingerprint density at radius 2 is 0.723 bits per heavy atom. The molecular weight excluding hydrogens is 1040 g/mol. The van der Waals surface area contributed by atoms with Crippen molar-refractivity contribution < 1.29 is 32.9 Å². The van der Waals surface area contributed by atoms with Crippen molar-refractivity contribution in [2.45, 2.75) is 289 Å². The third-order valence-corrected chi connectivity index (χ3v) is 15.6. The number of quaternary nitrogens is 1. The summed E-state index contributed by atoms with van der Waals surface area (Å²) >= 11 is 0. The van der Waals surface area contributed by atoms with E-state index in [0.717, 1.165) is 122 Å². The second-order valence-electron chi connectivity index (χ2n) is 23.8. The number of phosphoric acid groups is 1. The van der Waals surface area contributed by atoms with Gasteiger partial charge in [-0.2, -0.15) is 0 Å². The number of hydrogen-bond donors (Lipinski definition) is 3. The molecule has 3 atom stereocenters. The van der Waals surface area contributed by atoms with E-state index in [-0.39, 0.29) is 19.1 Å². The summed E-state index contributed by atoms with van der Waals surface area (Å²) in [6.07, 6.45) is 95.8. The second kappa shape index (κ2) is 63.2. The van der Waals surface area contributed by atoms with E-state index in [0.29, 0.717) is 17.4 Å². The zero-order valence-corrected chi connectivity index (χ0v) is 55.3. The van der Waals surface area contributed by atoms with Gasteiger partial charge in [0.15, 0.2) is 0 Å². The largest absolute Gasteiger partial charge is 0.472 e. The number of likely N-dealkylation sites (N-methyl/N-ethyl adjacent to an activating group) is 1. The lowest BCUT2D eigenvalue weighted by Crippen LogP contribution is -2.45. The molecular formula is C74H130N2O6P+. The maximum absolute atomic E-state index is 13.0. The molecule has 0 heterocycles. The molecule has 9 heteroatoms. The molecule has 8 nitrogen and oxygen atoms in total. The van der Waals surface area contributed by atoms with Crippen LogP contribution in [0.2, 0.25) is 0 Å². The third kappa shape index (κ3) is 66.0. The first-order valence-corrected chi connectivity index (χ1v) is 35.6. The first kappa shape index (κ1) is 79.6. The van der Waals surface area contributed by atoms with E-state index in [9.17, 15) is 19.4 Å². The van der Waals surface area contributed by atoms with Crippen LogP contribution in [0.25, 0.3) is 0 Å². The van der Waals surface area contributed by atoms with Gasteiger partial charge in [-0.05, 0) is 96.3 Å². The van der Waals surface area contributed by atoms with Gasteiger partial charge >= 0.3 is 7.82 Å². The molecule has 0 rings (SSSR count). The molecule has 1 amide bonds. The molecule has 0 spiro atoms. The van der Waals surface area contributed by atoms with Crippen LogP contribution in [-0.2, 0) is 18.4 Å². The molecule has 0 aromatic carbocycles. The van der Waals surface area contributed by atoms with E-state index >= 15 is 0 Å². The van der Waals surface area contributed by atoms with Crippen LogP contribution in [0, 0.1) is 0 Å². The highest BCUT2D eigenvalue weighted by Crippen LogP contribution is 2.43. The molecule has 476 valence electrons. The molecule has 0 fully saturated rings. The Hall–Kier alpha value is -3.36. The van der Waals surface area contributed by atoms with E-state index in [1.807, 2.05) is 27.2 Å². The number of nitrogens with one attached hydrogen (secondary N) is 1. The average Bonchev–Trinajstić information content (AvgIpc) is 3.50. The predicted octanol–water partition coefficient (Wildman–Crippen LogP) is 21.8. The minimum Gasteiger partial charge on any atom is -0.387 e. The van der Waals surface area contributed by atoms with Gasteiger partial charge in [0.25, 0.3) is 0 Å². The molecule has 0 bridgehead atoms. The van der Waals surface area contributed by atoms with Gasteiger partial charge in [-0.3, -0.25) is 13.8 Å². The zero-order valence-electron chi connectivity index (χ0n) is 54.4. The maximum atomic E-state index is 13.0. The average molecular weight is 1170 g/mol. The first-order valence-electron chi connectivity index (χ1n) is 34.1. The zero-order chi connectivity index (χ0) is 60.5. The molecule has 3 unspecified atom stereocenters. The molecule has 0 saturated heterocycles. The van der Waals surface area contributed by atoms with Gasteiger partial charge < -0.3 is 19.8 Å². The summed E-state index contributed by atoms with van der Waals surface area (Å²) in [6, 6.07) is -0.866. The van der Waals surface area contributed by atoms with Crippen molar-refractivity contribution in [2.75, 3.05) is 40.9 Å². The summed E-state index contributed by atoms with van der Waals surface area (Å²) in [7, 11) is 1.55. The fourth-order valence-electron chi connectivity index (χ4n) is 9.37. The Balaban J connectivity index is 4.20. The van der Waals surface area contributed by atoms with Gasteiger partial charge in [0.2, 0.25) is 5.91 Å². The van der Waals surface area contributed by atoms with Crippen molar-refractivity contribution in [2.24, 2.45) is 0 Å². The summed E-state index contributed by atoms with van der Waals surface area (Å²) in [6.45, 7) is 4.70.